The highest BCUT2D eigenvalue weighted by atomic mass is 35.5. The summed E-state index contributed by atoms with van der Waals surface area (Å²) in [6, 6.07) is 1.32. The predicted octanol–water partition coefficient (Wildman–Crippen LogP) is 1.97. The average molecular weight is 251 g/mol. The lowest BCUT2D eigenvalue weighted by Gasteiger charge is -2.10. The molecule has 0 saturated carbocycles. The van der Waals surface area contributed by atoms with E-state index in [1.165, 1.54) is 6.07 Å². The predicted molar refractivity (Wildman–Crippen MR) is 54.5 cm³/mol. The zero-order valence-corrected chi connectivity index (χ0v) is 8.84. The van der Waals surface area contributed by atoms with E-state index in [-0.39, 0.29) is 22.8 Å². The normalized spacial score (nSPS) is 10.8. The number of carbonyl (C=O) groups is 1. The molecule has 0 aromatic carbocycles. The van der Waals surface area contributed by atoms with E-state index in [4.69, 9.17) is 22.4 Å². The third-order valence-corrected chi connectivity index (χ3v) is 2.19. The number of anilines is 1. The molecule has 1 aromatic heterocycles. The fourth-order valence-corrected chi connectivity index (χ4v) is 1.37. The highest BCUT2D eigenvalue weighted by Crippen LogP contribution is 2.27. The Labute approximate surface area is 95.0 Å². The van der Waals surface area contributed by atoms with Gasteiger partial charge in [-0.1, -0.05) is 0 Å². The first-order chi connectivity index (χ1) is 7.45. The lowest BCUT2D eigenvalue weighted by atomic mass is 10.1. The SMILES string of the molecule is Nc1c(CC(=O)O)cc(CCl)nc1C(F)F. The van der Waals surface area contributed by atoms with Crippen LogP contribution in [0.1, 0.15) is 23.4 Å². The molecule has 1 heterocycles. The Morgan fingerprint density at radius 1 is 1.62 bits per heavy atom. The van der Waals surface area contributed by atoms with Crippen molar-refractivity contribution in [2.75, 3.05) is 5.73 Å². The van der Waals surface area contributed by atoms with Crippen LogP contribution in [0.25, 0.3) is 0 Å². The van der Waals surface area contributed by atoms with Crippen LogP contribution in [0.3, 0.4) is 0 Å². The van der Waals surface area contributed by atoms with Gasteiger partial charge in [0.1, 0.15) is 5.69 Å². The van der Waals surface area contributed by atoms with Gasteiger partial charge in [0.05, 0.1) is 23.7 Å². The Bertz CT molecular complexity index is 413. The second-order valence-corrected chi connectivity index (χ2v) is 3.34. The maximum atomic E-state index is 12.5. The van der Waals surface area contributed by atoms with Gasteiger partial charge in [0.15, 0.2) is 0 Å². The molecular weight excluding hydrogens is 242 g/mol. The van der Waals surface area contributed by atoms with Crippen molar-refractivity contribution in [3.05, 3.63) is 23.0 Å². The third kappa shape index (κ3) is 2.79. The number of carboxylic acids is 1. The summed E-state index contributed by atoms with van der Waals surface area (Å²) < 4.78 is 25.1. The quantitative estimate of drug-likeness (QED) is 0.801. The van der Waals surface area contributed by atoms with Crippen molar-refractivity contribution in [2.45, 2.75) is 18.7 Å². The maximum absolute atomic E-state index is 12.5. The number of nitrogens with two attached hydrogens (primary N) is 1. The summed E-state index contributed by atoms with van der Waals surface area (Å²) in [5, 5.41) is 8.59. The molecule has 7 heteroatoms. The van der Waals surface area contributed by atoms with Gasteiger partial charge < -0.3 is 10.8 Å². The zero-order chi connectivity index (χ0) is 12.3. The van der Waals surface area contributed by atoms with Gasteiger partial charge in [0, 0.05) is 0 Å². The summed E-state index contributed by atoms with van der Waals surface area (Å²) in [6.45, 7) is 0. The Hall–Kier alpha value is -1.43. The first kappa shape index (κ1) is 12.6. The van der Waals surface area contributed by atoms with Crippen LogP contribution < -0.4 is 5.73 Å². The minimum atomic E-state index is -2.85. The molecular formula is C9H9ClF2N2O2. The topological polar surface area (TPSA) is 76.2 Å². The Morgan fingerprint density at radius 3 is 2.69 bits per heavy atom. The summed E-state index contributed by atoms with van der Waals surface area (Å²) in [5.41, 5.74) is 4.79. The Balaban J connectivity index is 3.25. The van der Waals surface area contributed by atoms with Crippen molar-refractivity contribution >= 4 is 23.3 Å². The van der Waals surface area contributed by atoms with E-state index in [1.807, 2.05) is 0 Å². The number of nitrogen functional groups attached to an aromatic ring is 1. The van der Waals surface area contributed by atoms with E-state index < -0.39 is 24.5 Å². The summed E-state index contributed by atoms with van der Waals surface area (Å²) in [5.74, 6) is -1.23. The van der Waals surface area contributed by atoms with Gasteiger partial charge in [-0.25, -0.2) is 13.8 Å². The second kappa shape index (κ2) is 5.07. The number of halogens is 3. The number of rotatable bonds is 4. The van der Waals surface area contributed by atoms with Crippen LogP contribution in [0.4, 0.5) is 14.5 Å². The zero-order valence-electron chi connectivity index (χ0n) is 8.08. The molecule has 0 aliphatic rings. The number of hydrogen-bond donors (Lipinski definition) is 2. The molecule has 16 heavy (non-hydrogen) atoms. The van der Waals surface area contributed by atoms with Crippen LogP contribution in [0.2, 0.25) is 0 Å². The van der Waals surface area contributed by atoms with Gasteiger partial charge in [0.2, 0.25) is 0 Å². The summed E-state index contributed by atoms with van der Waals surface area (Å²) >= 11 is 5.47. The number of nitrogens with zero attached hydrogens (tertiary/aromatic N) is 1. The molecule has 1 aromatic rings. The maximum Gasteiger partial charge on any atom is 0.307 e. The second-order valence-electron chi connectivity index (χ2n) is 3.08. The number of aromatic nitrogens is 1. The molecule has 4 nitrogen and oxygen atoms in total. The van der Waals surface area contributed by atoms with E-state index >= 15 is 0 Å². The molecule has 3 N–H and O–H groups in total. The molecule has 88 valence electrons. The smallest absolute Gasteiger partial charge is 0.307 e. The molecule has 0 spiro atoms. The van der Waals surface area contributed by atoms with E-state index in [0.717, 1.165) is 0 Å². The van der Waals surface area contributed by atoms with Gasteiger partial charge in [-0.2, -0.15) is 0 Å². The van der Waals surface area contributed by atoms with Crippen LogP contribution in [0.5, 0.6) is 0 Å². The Kier molecular flexibility index (Phi) is 4.00. The molecule has 0 aliphatic carbocycles. The van der Waals surface area contributed by atoms with Gasteiger partial charge >= 0.3 is 5.97 Å². The third-order valence-electron chi connectivity index (χ3n) is 1.91. The van der Waals surface area contributed by atoms with Crippen molar-refractivity contribution < 1.29 is 18.7 Å². The summed E-state index contributed by atoms with van der Waals surface area (Å²) in [6.07, 6.45) is -3.28. The first-order valence-corrected chi connectivity index (χ1v) is 4.83. The van der Waals surface area contributed by atoms with E-state index in [0.29, 0.717) is 0 Å². The monoisotopic (exact) mass is 250 g/mol. The van der Waals surface area contributed by atoms with Crippen molar-refractivity contribution in [1.82, 2.24) is 4.98 Å². The van der Waals surface area contributed by atoms with Crippen molar-refractivity contribution in [3.63, 3.8) is 0 Å². The van der Waals surface area contributed by atoms with Crippen molar-refractivity contribution in [3.8, 4) is 0 Å². The van der Waals surface area contributed by atoms with E-state index in [1.54, 1.807) is 0 Å². The van der Waals surface area contributed by atoms with Gasteiger partial charge in [-0.3, -0.25) is 4.79 Å². The van der Waals surface area contributed by atoms with Crippen LogP contribution >= 0.6 is 11.6 Å². The molecule has 0 saturated heterocycles. The van der Waals surface area contributed by atoms with Crippen LogP contribution in [-0.4, -0.2) is 16.1 Å². The number of carboxylic acid groups (broad SMARTS) is 1. The molecule has 0 unspecified atom stereocenters. The largest absolute Gasteiger partial charge is 0.481 e. The highest BCUT2D eigenvalue weighted by molar-refractivity contribution is 6.16. The molecule has 0 aliphatic heterocycles. The Morgan fingerprint density at radius 2 is 2.25 bits per heavy atom. The van der Waals surface area contributed by atoms with Gasteiger partial charge in [0.25, 0.3) is 6.43 Å². The molecule has 0 fully saturated rings. The lowest BCUT2D eigenvalue weighted by molar-refractivity contribution is -0.136. The number of hydrogen-bond acceptors (Lipinski definition) is 3. The molecule has 1 rings (SSSR count). The van der Waals surface area contributed by atoms with Crippen LogP contribution in [0.15, 0.2) is 6.07 Å². The molecule has 0 radical (unpaired) electrons. The number of alkyl halides is 3. The van der Waals surface area contributed by atoms with E-state index in [9.17, 15) is 13.6 Å². The fraction of sp³-hybridized carbons (Fsp3) is 0.333. The summed E-state index contributed by atoms with van der Waals surface area (Å²) in [4.78, 5) is 14.1. The lowest BCUT2D eigenvalue weighted by Crippen LogP contribution is -2.09. The van der Waals surface area contributed by atoms with Gasteiger partial charge in [-0.05, 0) is 11.6 Å². The van der Waals surface area contributed by atoms with Gasteiger partial charge in [-0.15, -0.1) is 11.6 Å². The standard InChI is InChI=1S/C9H9ClF2N2O2/c10-3-5-1-4(2-6(15)16)7(13)8(14-5)9(11)12/h1,9H,2-3,13H2,(H,15,16). The van der Waals surface area contributed by atoms with Crippen molar-refractivity contribution in [1.29, 1.82) is 0 Å². The number of pyridine rings is 1. The minimum absolute atomic E-state index is 0.0768. The van der Waals surface area contributed by atoms with Crippen LogP contribution in [-0.2, 0) is 17.1 Å². The molecule has 0 amide bonds. The average Bonchev–Trinajstić information content (AvgIpc) is 2.19. The van der Waals surface area contributed by atoms with Crippen LogP contribution in [0, 0.1) is 0 Å². The minimum Gasteiger partial charge on any atom is -0.481 e. The fourth-order valence-electron chi connectivity index (χ4n) is 1.23. The summed E-state index contributed by atoms with van der Waals surface area (Å²) in [7, 11) is 0. The van der Waals surface area contributed by atoms with E-state index in [2.05, 4.69) is 4.98 Å². The molecule has 0 bridgehead atoms. The highest BCUT2D eigenvalue weighted by Gasteiger charge is 2.18. The molecule has 0 atom stereocenters. The number of aliphatic carboxylic acids is 1. The first-order valence-electron chi connectivity index (χ1n) is 4.29. The van der Waals surface area contributed by atoms with Crippen molar-refractivity contribution in [2.24, 2.45) is 0 Å².